The van der Waals surface area contributed by atoms with Crippen LogP contribution < -0.4 is 14.8 Å². The van der Waals surface area contributed by atoms with Gasteiger partial charge in [-0.15, -0.1) is 0 Å². The van der Waals surface area contributed by atoms with Crippen LogP contribution in [-0.2, 0) is 16.4 Å². The summed E-state index contributed by atoms with van der Waals surface area (Å²) in [6.45, 7) is 5.28. The van der Waals surface area contributed by atoms with Crippen molar-refractivity contribution in [3.05, 3.63) is 59.7 Å². The van der Waals surface area contributed by atoms with Crippen LogP contribution in [-0.4, -0.2) is 33.5 Å². The molecule has 1 fully saturated rings. The molecular weight excluding hydrogens is 412 g/mol. The number of hydrogen-bond donors (Lipinski definition) is 2. The van der Waals surface area contributed by atoms with Crippen molar-refractivity contribution >= 4 is 15.9 Å². The summed E-state index contributed by atoms with van der Waals surface area (Å²) in [4.78, 5) is 12.6. The Labute approximate surface area is 185 Å². The summed E-state index contributed by atoms with van der Waals surface area (Å²) in [5.41, 5.74) is 1.55. The molecule has 0 aromatic heterocycles. The monoisotopic (exact) mass is 444 g/mol. The quantitative estimate of drug-likeness (QED) is 0.582. The Kier molecular flexibility index (Phi) is 8.09. The second-order valence-electron chi connectivity index (χ2n) is 8.48. The average molecular weight is 445 g/mol. The Hall–Kier alpha value is -2.38. The first-order valence-electron chi connectivity index (χ1n) is 11.0. The molecule has 0 atom stereocenters. The molecule has 0 unspecified atom stereocenters. The van der Waals surface area contributed by atoms with Crippen molar-refractivity contribution in [2.24, 2.45) is 5.92 Å². The van der Waals surface area contributed by atoms with Gasteiger partial charge in [0.2, 0.25) is 10.0 Å². The van der Waals surface area contributed by atoms with E-state index in [4.69, 9.17) is 4.74 Å². The molecule has 6 nitrogen and oxygen atoms in total. The van der Waals surface area contributed by atoms with Crippen molar-refractivity contribution in [3.63, 3.8) is 0 Å². The Morgan fingerprint density at radius 2 is 1.68 bits per heavy atom. The molecule has 2 aromatic rings. The summed E-state index contributed by atoms with van der Waals surface area (Å²) >= 11 is 0. The minimum Gasteiger partial charge on any atom is -0.493 e. The van der Waals surface area contributed by atoms with Crippen molar-refractivity contribution in [1.82, 2.24) is 10.0 Å². The normalized spacial score (nSPS) is 14.7. The highest BCUT2D eigenvalue weighted by atomic mass is 32.2. The number of carbonyl (C=O) groups is 1. The van der Waals surface area contributed by atoms with Gasteiger partial charge in [0.05, 0.1) is 11.5 Å². The number of amides is 1. The first-order valence-corrected chi connectivity index (χ1v) is 12.4. The van der Waals surface area contributed by atoms with Crippen molar-refractivity contribution in [2.45, 2.75) is 56.9 Å². The Morgan fingerprint density at radius 3 is 2.29 bits per heavy atom. The van der Waals surface area contributed by atoms with E-state index >= 15 is 0 Å². The Morgan fingerprint density at radius 1 is 1.03 bits per heavy atom. The molecule has 1 aliphatic carbocycles. The van der Waals surface area contributed by atoms with Crippen molar-refractivity contribution in [3.8, 4) is 5.75 Å². The lowest BCUT2D eigenvalue weighted by atomic mass is 10.1. The molecule has 3 rings (SSSR count). The third-order valence-electron chi connectivity index (χ3n) is 5.31. The summed E-state index contributed by atoms with van der Waals surface area (Å²) in [6, 6.07) is 14.0. The number of benzene rings is 2. The van der Waals surface area contributed by atoms with Crippen LogP contribution in [0.1, 0.15) is 55.5 Å². The number of nitrogens with one attached hydrogen (secondary N) is 2. The van der Waals surface area contributed by atoms with Gasteiger partial charge >= 0.3 is 0 Å². The molecule has 2 aromatic carbocycles. The molecule has 7 heteroatoms. The van der Waals surface area contributed by atoms with E-state index in [2.05, 4.69) is 23.9 Å². The van der Waals surface area contributed by atoms with E-state index in [-0.39, 0.29) is 16.8 Å². The summed E-state index contributed by atoms with van der Waals surface area (Å²) in [5.74, 6) is 1.05. The molecule has 0 heterocycles. The van der Waals surface area contributed by atoms with Crippen molar-refractivity contribution in [2.75, 3.05) is 13.2 Å². The summed E-state index contributed by atoms with van der Waals surface area (Å²) < 4.78 is 33.4. The van der Waals surface area contributed by atoms with Crippen LogP contribution in [0.4, 0.5) is 0 Å². The van der Waals surface area contributed by atoms with Crippen LogP contribution in [0, 0.1) is 5.92 Å². The predicted molar refractivity (Wildman–Crippen MR) is 122 cm³/mol. The predicted octanol–water partition coefficient (Wildman–Crippen LogP) is 3.91. The molecule has 0 aliphatic heterocycles. The Balaban J connectivity index is 1.46. The fourth-order valence-electron chi connectivity index (χ4n) is 3.55. The van der Waals surface area contributed by atoms with E-state index in [1.807, 2.05) is 0 Å². The van der Waals surface area contributed by atoms with E-state index in [1.165, 1.54) is 0 Å². The summed E-state index contributed by atoms with van der Waals surface area (Å²) in [7, 11) is -3.47. The fourth-order valence-corrected chi connectivity index (χ4v) is 4.86. The minimum absolute atomic E-state index is 0.0516. The van der Waals surface area contributed by atoms with Gasteiger partial charge in [-0.25, -0.2) is 13.1 Å². The molecule has 0 spiro atoms. The van der Waals surface area contributed by atoms with Gasteiger partial charge in [-0.1, -0.05) is 38.8 Å². The molecule has 168 valence electrons. The first kappa shape index (κ1) is 23.3. The lowest BCUT2D eigenvalue weighted by Crippen LogP contribution is -2.32. The van der Waals surface area contributed by atoms with Crippen LogP contribution in [0.3, 0.4) is 0 Å². The van der Waals surface area contributed by atoms with Gasteiger partial charge in [-0.2, -0.15) is 0 Å². The van der Waals surface area contributed by atoms with E-state index in [0.29, 0.717) is 31.1 Å². The maximum Gasteiger partial charge on any atom is 0.251 e. The molecule has 0 bridgehead atoms. The largest absolute Gasteiger partial charge is 0.493 e. The number of ether oxygens (including phenoxy) is 1. The second-order valence-corrected chi connectivity index (χ2v) is 10.2. The maximum absolute atomic E-state index is 12.5. The third-order valence-corrected chi connectivity index (χ3v) is 6.85. The standard InChI is InChI=1S/C24H32N2O4S/c1-18(2)17-30-22-11-9-20(10-12-22)24(27)25-16-15-19-7-13-23(14-8-19)31(28,29)26-21-5-3-4-6-21/h7-14,18,21,26H,3-6,15-17H2,1-2H3,(H,25,27). The summed E-state index contributed by atoms with van der Waals surface area (Å²) in [5, 5.41) is 2.90. The van der Waals surface area contributed by atoms with Crippen LogP contribution in [0.2, 0.25) is 0 Å². The van der Waals surface area contributed by atoms with E-state index in [9.17, 15) is 13.2 Å². The van der Waals surface area contributed by atoms with E-state index < -0.39 is 10.0 Å². The zero-order valence-electron chi connectivity index (χ0n) is 18.3. The van der Waals surface area contributed by atoms with Crippen LogP contribution in [0.15, 0.2) is 53.4 Å². The second kappa shape index (κ2) is 10.8. The molecule has 1 saturated carbocycles. The van der Waals surface area contributed by atoms with E-state index in [0.717, 1.165) is 37.0 Å². The highest BCUT2D eigenvalue weighted by molar-refractivity contribution is 7.89. The van der Waals surface area contributed by atoms with Gasteiger partial charge in [-0.05, 0) is 67.1 Å². The van der Waals surface area contributed by atoms with Gasteiger partial charge in [0.1, 0.15) is 5.75 Å². The molecule has 31 heavy (non-hydrogen) atoms. The molecular formula is C24H32N2O4S. The third kappa shape index (κ3) is 7.08. The highest BCUT2D eigenvalue weighted by Crippen LogP contribution is 2.20. The molecule has 1 aliphatic rings. The van der Waals surface area contributed by atoms with Gasteiger partial charge in [-0.3, -0.25) is 4.79 Å². The SMILES string of the molecule is CC(C)COc1ccc(C(=O)NCCc2ccc(S(=O)(=O)NC3CCCC3)cc2)cc1. The summed E-state index contributed by atoms with van der Waals surface area (Å²) in [6.07, 6.45) is 4.59. The van der Waals surface area contributed by atoms with Gasteiger partial charge in [0.25, 0.3) is 5.91 Å². The van der Waals surface area contributed by atoms with Crippen molar-refractivity contribution in [1.29, 1.82) is 0 Å². The average Bonchev–Trinajstić information content (AvgIpc) is 3.25. The van der Waals surface area contributed by atoms with Gasteiger partial charge in [0.15, 0.2) is 0 Å². The van der Waals surface area contributed by atoms with Crippen LogP contribution >= 0.6 is 0 Å². The minimum atomic E-state index is -3.47. The van der Waals surface area contributed by atoms with Crippen LogP contribution in [0.5, 0.6) is 5.75 Å². The fraction of sp³-hybridized carbons (Fsp3) is 0.458. The van der Waals surface area contributed by atoms with Crippen molar-refractivity contribution < 1.29 is 17.9 Å². The topological polar surface area (TPSA) is 84.5 Å². The zero-order chi connectivity index (χ0) is 22.3. The van der Waals surface area contributed by atoms with Gasteiger partial charge in [0, 0.05) is 18.2 Å². The highest BCUT2D eigenvalue weighted by Gasteiger charge is 2.22. The molecule has 0 saturated heterocycles. The number of rotatable bonds is 10. The van der Waals surface area contributed by atoms with Gasteiger partial charge < -0.3 is 10.1 Å². The number of carbonyl (C=O) groups excluding carboxylic acids is 1. The number of sulfonamides is 1. The van der Waals surface area contributed by atoms with E-state index in [1.54, 1.807) is 48.5 Å². The first-order chi connectivity index (χ1) is 14.8. The lowest BCUT2D eigenvalue weighted by Gasteiger charge is -2.13. The van der Waals surface area contributed by atoms with Crippen LogP contribution in [0.25, 0.3) is 0 Å². The lowest BCUT2D eigenvalue weighted by molar-refractivity contribution is 0.0954. The zero-order valence-corrected chi connectivity index (χ0v) is 19.1. The molecule has 1 amide bonds. The Bertz CT molecular complexity index is 948. The number of hydrogen-bond acceptors (Lipinski definition) is 4. The molecule has 0 radical (unpaired) electrons. The smallest absolute Gasteiger partial charge is 0.251 e. The molecule has 2 N–H and O–H groups in total. The maximum atomic E-state index is 12.5.